The lowest BCUT2D eigenvalue weighted by molar-refractivity contribution is 0.0843. The highest BCUT2D eigenvalue weighted by Gasteiger charge is 2.21. The Hall–Kier alpha value is -2.07. The van der Waals surface area contributed by atoms with Crippen molar-refractivity contribution in [1.29, 1.82) is 0 Å². The van der Waals surface area contributed by atoms with Crippen molar-refractivity contribution in [2.24, 2.45) is 0 Å². The highest BCUT2D eigenvalue weighted by atomic mass is 16.6. The Labute approximate surface area is 112 Å². The van der Waals surface area contributed by atoms with Crippen LogP contribution in [-0.4, -0.2) is 24.2 Å². The van der Waals surface area contributed by atoms with Crippen molar-refractivity contribution in [3.05, 3.63) is 54.2 Å². The fourth-order valence-corrected chi connectivity index (χ4v) is 2.02. The second-order valence-corrected chi connectivity index (χ2v) is 4.47. The van der Waals surface area contributed by atoms with Crippen molar-refractivity contribution in [1.82, 2.24) is 10.3 Å². The normalized spacial score (nSPS) is 17.2. The zero-order valence-corrected chi connectivity index (χ0v) is 10.6. The summed E-state index contributed by atoms with van der Waals surface area (Å²) in [6.07, 6.45) is 1.72. The number of nitrogens with zero attached hydrogens (tertiary/aromatic N) is 1. The van der Waals surface area contributed by atoms with Gasteiger partial charge in [-0.3, -0.25) is 0 Å². The van der Waals surface area contributed by atoms with Gasteiger partial charge in [0.2, 0.25) is 0 Å². The summed E-state index contributed by atoms with van der Waals surface area (Å²) in [4.78, 5) is 4.16. The molecule has 1 aromatic heterocycles. The van der Waals surface area contributed by atoms with Crippen LogP contribution in [0, 0.1) is 0 Å². The number of rotatable bonds is 4. The number of pyridine rings is 1. The van der Waals surface area contributed by atoms with E-state index < -0.39 is 0 Å². The molecule has 3 rings (SSSR count). The van der Waals surface area contributed by atoms with Gasteiger partial charge in [0.15, 0.2) is 5.75 Å². The molecular weight excluding hydrogens is 240 g/mol. The van der Waals surface area contributed by atoms with Gasteiger partial charge in [-0.25, -0.2) is 4.98 Å². The van der Waals surface area contributed by atoms with Crippen LogP contribution in [0.4, 0.5) is 0 Å². The molecule has 2 aromatic rings. The Morgan fingerprint density at radius 1 is 1.16 bits per heavy atom. The van der Waals surface area contributed by atoms with Crippen LogP contribution in [0.15, 0.2) is 48.7 Å². The van der Waals surface area contributed by atoms with E-state index in [-0.39, 0.29) is 6.10 Å². The predicted molar refractivity (Wildman–Crippen MR) is 72.3 cm³/mol. The van der Waals surface area contributed by atoms with Crippen LogP contribution in [-0.2, 0) is 6.54 Å². The molecule has 1 atom stereocenters. The average molecular weight is 256 g/mol. The molecule has 0 spiro atoms. The first-order chi connectivity index (χ1) is 9.42. The maximum Gasteiger partial charge on any atom is 0.257 e. The Morgan fingerprint density at radius 2 is 2.05 bits per heavy atom. The number of fused-ring (bicyclic) bond motifs is 1. The topological polar surface area (TPSA) is 43.4 Å². The first-order valence-electron chi connectivity index (χ1n) is 6.41. The Bertz CT molecular complexity index is 531. The van der Waals surface area contributed by atoms with Gasteiger partial charge in [0.05, 0.1) is 0 Å². The largest absolute Gasteiger partial charge is 0.484 e. The molecular formula is C15H16N2O2. The molecule has 0 fully saturated rings. The van der Waals surface area contributed by atoms with Crippen LogP contribution >= 0.6 is 0 Å². The fourth-order valence-electron chi connectivity index (χ4n) is 2.02. The van der Waals surface area contributed by atoms with Gasteiger partial charge in [0, 0.05) is 19.3 Å². The molecule has 0 amide bonds. The van der Waals surface area contributed by atoms with Crippen molar-refractivity contribution in [2.75, 3.05) is 13.2 Å². The summed E-state index contributed by atoms with van der Waals surface area (Å²) in [5.41, 5.74) is 1.26. The number of ether oxygens (including phenoxy) is 2. The van der Waals surface area contributed by atoms with Crippen LogP contribution in [0.2, 0.25) is 0 Å². The third-order valence-corrected chi connectivity index (χ3v) is 2.98. The number of hydrogen-bond acceptors (Lipinski definition) is 4. The smallest absolute Gasteiger partial charge is 0.257 e. The first kappa shape index (κ1) is 12.0. The van der Waals surface area contributed by atoms with Crippen LogP contribution in [0.3, 0.4) is 0 Å². The number of benzene rings is 1. The minimum Gasteiger partial charge on any atom is -0.484 e. The molecule has 1 unspecified atom stereocenters. The number of hydrogen-bond donors (Lipinski definition) is 1. The van der Waals surface area contributed by atoms with Gasteiger partial charge in [-0.2, -0.15) is 0 Å². The van der Waals surface area contributed by atoms with Gasteiger partial charge >= 0.3 is 0 Å². The summed E-state index contributed by atoms with van der Waals surface area (Å²) in [5, 5.41) is 3.37. The maximum atomic E-state index is 5.77. The maximum absolute atomic E-state index is 5.77. The van der Waals surface area contributed by atoms with E-state index in [1.165, 1.54) is 5.56 Å². The summed E-state index contributed by atoms with van der Waals surface area (Å²) in [6, 6.07) is 14.0. The number of aromatic nitrogens is 1. The lowest BCUT2D eigenvalue weighted by atomic mass is 10.2. The van der Waals surface area contributed by atoms with Gasteiger partial charge in [-0.1, -0.05) is 30.3 Å². The molecule has 2 heterocycles. The van der Waals surface area contributed by atoms with Crippen LogP contribution in [0.1, 0.15) is 5.56 Å². The Kier molecular flexibility index (Phi) is 3.61. The van der Waals surface area contributed by atoms with E-state index in [1.54, 1.807) is 6.20 Å². The zero-order chi connectivity index (χ0) is 12.9. The van der Waals surface area contributed by atoms with E-state index in [2.05, 4.69) is 22.4 Å². The summed E-state index contributed by atoms with van der Waals surface area (Å²) in [6.45, 7) is 2.13. The SMILES string of the molecule is c1ccc(CNCC2COc3cccnc3O2)cc1. The molecule has 0 radical (unpaired) electrons. The molecule has 19 heavy (non-hydrogen) atoms. The van der Waals surface area contributed by atoms with Crippen molar-refractivity contribution in [3.63, 3.8) is 0 Å². The Balaban J connectivity index is 1.50. The lowest BCUT2D eigenvalue weighted by Crippen LogP contribution is -2.38. The van der Waals surface area contributed by atoms with Crippen molar-refractivity contribution in [2.45, 2.75) is 12.6 Å². The molecule has 1 N–H and O–H groups in total. The molecule has 4 heteroatoms. The van der Waals surface area contributed by atoms with Crippen LogP contribution in [0.25, 0.3) is 0 Å². The second kappa shape index (κ2) is 5.71. The van der Waals surface area contributed by atoms with Gasteiger partial charge in [-0.05, 0) is 17.7 Å². The summed E-state index contributed by atoms with van der Waals surface area (Å²) >= 11 is 0. The Morgan fingerprint density at radius 3 is 2.95 bits per heavy atom. The average Bonchev–Trinajstić information content (AvgIpc) is 2.48. The van der Waals surface area contributed by atoms with Crippen molar-refractivity contribution < 1.29 is 9.47 Å². The van der Waals surface area contributed by atoms with E-state index in [0.29, 0.717) is 12.5 Å². The zero-order valence-electron chi connectivity index (χ0n) is 10.6. The third-order valence-electron chi connectivity index (χ3n) is 2.98. The monoisotopic (exact) mass is 256 g/mol. The molecule has 98 valence electrons. The number of nitrogens with one attached hydrogen (secondary N) is 1. The van der Waals surface area contributed by atoms with E-state index in [9.17, 15) is 0 Å². The lowest BCUT2D eigenvalue weighted by Gasteiger charge is -2.25. The molecule has 0 aliphatic carbocycles. The minimum atomic E-state index is 0.00566. The van der Waals surface area contributed by atoms with E-state index in [1.807, 2.05) is 30.3 Å². The summed E-state index contributed by atoms with van der Waals surface area (Å²) in [5.74, 6) is 1.31. The summed E-state index contributed by atoms with van der Waals surface area (Å²) in [7, 11) is 0. The quantitative estimate of drug-likeness (QED) is 0.908. The van der Waals surface area contributed by atoms with E-state index >= 15 is 0 Å². The molecule has 1 aromatic carbocycles. The minimum absolute atomic E-state index is 0.00566. The molecule has 0 saturated carbocycles. The highest BCUT2D eigenvalue weighted by Crippen LogP contribution is 2.27. The molecule has 1 aliphatic heterocycles. The van der Waals surface area contributed by atoms with Crippen LogP contribution < -0.4 is 14.8 Å². The highest BCUT2D eigenvalue weighted by molar-refractivity contribution is 5.34. The van der Waals surface area contributed by atoms with E-state index in [0.717, 1.165) is 18.8 Å². The van der Waals surface area contributed by atoms with E-state index in [4.69, 9.17) is 9.47 Å². The van der Waals surface area contributed by atoms with Crippen molar-refractivity contribution in [3.8, 4) is 11.6 Å². The predicted octanol–water partition coefficient (Wildman–Crippen LogP) is 2.01. The van der Waals surface area contributed by atoms with Gasteiger partial charge < -0.3 is 14.8 Å². The third kappa shape index (κ3) is 3.03. The first-order valence-corrected chi connectivity index (χ1v) is 6.41. The van der Waals surface area contributed by atoms with Gasteiger partial charge in [-0.15, -0.1) is 0 Å². The van der Waals surface area contributed by atoms with Gasteiger partial charge in [0.25, 0.3) is 5.88 Å². The van der Waals surface area contributed by atoms with Crippen LogP contribution in [0.5, 0.6) is 11.6 Å². The van der Waals surface area contributed by atoms with Crippen molar-refractivity contribution >= 4 is 0 Å². The second-order valence-electron chi connectivity index (χ2n) is 4.47. The van der Waals surface area contributed by atoms with Gasteiger partial charge in [0.1, 0.15) is 12.7 Å². The molecule has 1 aliphatic rings. The fraction of sp³-hybridized carbons (Fsp3) is 0.267. The molecule has 4 nitrogen and oxygen atoms in total. The standard InChI is InChI=1S/C15H16N2O2/c1-2-5-12(6-3-1)9-16-10-13-11-18-14-7-4-8-17-15(14)19-13/h1-8,13,16H,9-11H2. The summed E-state index contributed by atoms with van der Waals surface area (Å²) < 4.78 is 11.4. The molecule has 0 bridgehead atoms. The molecule has 0 saturated heterocycles.